The third-order valence-corrected chi connectivity index (χ3v) is 1.21. The standard InChI is InChI=1S/C9H13B/c1-5-8(4)9(10)6-7(2)3/h5-6H,1H2,2-4H3/b9-8-. The predicted molar refractivity (Wildman–Crippen MR) is 48.1 cm³/mol. The number of allylic oxidation sites excluding steroid dienone is 5. The van der Waals surface area contributed by atoms with E-state index < -0.39 is 0 Å². The van der Waals surface area contributed by atoms with Gasteiger partial charge < -0.3 is 0 Å². The molecule has 52 valence electrons. The number of rotatable bonds is 2. The molecule has 10 heavy (non-hydrogen) atoms. The molecule has 1 heteroatoms. The van der Waals surface area contributed by atoms with Gasteiger partial charge in [-0.15, -0.1) is 0 Å². The molecule has 0 bridgehead atoms. The molecular weight excluding hydrogens is 119 g/mol. The van der Waals surface area contributed by atoms with Crippen LogP contribution in [0, 0.1) is 0 Å². The molecule has 0 aromatic heterocycles. The van der Waals surface area contributed by atoms with Gasteiger partial charge in [0.1, 0.15) is 7.85 Å². The fourth-order valence-electron chi connectivity index (χ4n) is 0.543. The van der Waals surface area contributed by atoms with Gasteiger partial charge in [0.25, 0.3) is 0 Å². The normalized spacial score (nSPS) is 11.9. The van der Waals surface area contributed by atoms with E-state index in [9.17, 15) is 0 Å². The topological polar surface area (TPSA) is 0 Å². The molecule has 0 N–H and O–H groups in total. The Hall–Kier alpha value is -0.715. The van der Waals surface area contributed by atoms with Crippen LogP contribution in [-0.2, 0) is 0 Å². The fraction of sp³-hybridized carbons (Fsp3) is 0.333. The van der Waals surface area contributed by atoms with Crippen LogP contribution in [0.2, 0.25) is 0 Å². The summed E-state index contributed by atoms with van der Waals surface area (Å²) in [4.78, 5) is 0. The molecule has 0 amide bonds. The van der Waals surface area contributed by atoms with E-state index in [1.807, 2.05) is 26.8 Å². The zero-order chi connectivity index (χ0) is 8.15. The Morgan fingerprint density at radius 3 is 2.10 bits per heavy atom. The van der Waals surface area contributed by atoms with E-state index in [1.165, 1.54) is 5.57 Å². The summed E-state index contributed by atoms with van der Waals surface area (Å²) in [7, 11) is 5.66. The van der Waals surface area contributed by atoms with Crippen molar-refractivity contribution >= 4 is 7.85 Å². The first kappa shape index (κ1) is 9.28. The lowest BCUT2D eigenvalue weighted by Crippen LogP contribution is -1.81. The van der Waals surface area contributed by atoms with Crippen LogP contribution >= 0.6 is 0 Å². The van der Waals surface area contributed by atoms with Crippen molar-refractivity contribution < 1.29 is 0 Å². The Kier molecular flexibility index (Phi) is 3.86. The molecule has 0 aromatic rings. The van der Waals surface area contributed by atoms with Gasteiger partial charge in [0.2, 0.25) is 0 Å². The average molecular weight is 132 g/mol. The predicted octanol–water partition coefficient (Wildman–Crippen LogP) is 2.58. The molecule has 0 aliphatic rings. The Morgan fingerprint density at radius 1 is 1.30 bits per heavy atom. The van der Waals surface area contributed by atoms with Crippen molar-refractivity contribution in [3.63, 3.8) is 0 Å². The molecule has 0 spiro atoms. The highest BCUT2D eigenvalue weighted by Gasteiger charge is 1.86. The molecule has 0 unspecified atom stereocenters. The lowest BCUT2D eigenvalue weighted by Gasteiger charge is -1.97. The maximum atomic E-state index is 5.66. The molecule has 0 aliphatic carbocycles. The zero-order valence-corrected chi connectivity index (χ0v) is 6.94. The quantitative estimate of drug-likeness (QED) is 0.400. The van der Waals surface area contributed by atoms with Gasteiger partial charge >= 0.3 is 0 Å². The summed E-state index contributed by atoms with van der Waals surface area (Å²) in [5.41, 5.74) is 3.04. The van der Waals surface area contributed by atoms with Crippen LogP contribution in [0.3, 0.4) is 0 Å². The second kappa shape index (κ2) is 4.16. The van der Waals surface area contributed by atoms with Gasteiger partial charge in [0.15, 0.2) is 0 Å². The largest absolute Gasteiger partial charge is 0.114 e. The highest BCUT2D eigenvalue weighted by Crippen LogP contribution is 2.04. The highest BCUT2D eigenvalue weighted by molar-refractivity contribution is 6.24. The minimum Gasteiger partial charge on any atom is -0.0988 e. The van der Waals surface area contributed by atoms with Crippen molar-refractivity contribution in [1.82, 2.24) is 0 Å². The number of hydrogen-bond acceptors (Lipinski definition) is 0. The number of hydrogen-bond donors (Lipinski definition) is 0. The smallest absolute Gasteiger partial charge is 0.0988 e. The Bertz CT molecular complexity index is 181. The fourth-order valence-corrected chi connectivity index (χ4v) is 0.543. The first-order valence-corrected chi connectivity index (χ1v) is 3.31. The third-order valence-electron chi connectivity index (χ3n) is 1.21. The second-order valence-electron chi connectivity index (χ2n) is 2.56. The monoisotopic (exact) mass is 132 g/mol. The summed E-state index contributed by atoms with van der Waals surface area (Å²) in [5, 5.41) is 0. The lowest BCUT2D eigenvalue weighted by molar-refractivity contribution is 1.37. The van der Waals surface area contributed by atoms with Crippen LogP contribution in [0.25, 0.3) is 0 Å². The molecule has 0 rings (SSSR count). The zero-order valence-electron chi connectivity index (χ0n) is 6.94. The lowest BCUT2D eigenvalue weighted by atomic mass is 9.89. The summed E-state index contributed by atoms with van der Waals surface area (Å²) in [6, 6.07) is 0. The van der Waals surface area contributed by atoms with Gasteiger partial charge in [0, 0.05) is 0 Å². The van der Waals surface area contributed by atoms with Crippen molar-refractivity contribution in [3.05, 3.63) is 35.3 Å². The van der Waals surface area contributed by atoms with E-state index >= 15 is 0 Å². The van der Waals surface area contributed by atoms with Crippen LogP contribution in [0.15, 0.2) is 35.3 Å². The van der Waals surface area contributed by atoms with E-state index in [2.05, 4.69) is 6.58 Å². The van der Waals surface area contributed by atoms with Crippen molar-refractivity contribution in [2.75, 3.05) is 0 Å². The van der Waals surface area contributed by atoms with Crippen LogP contribution in [-0.4, -0.2) is 7.85 Å². The molecule has 0 aromatic carbocycles. The summed E-state index contributed by atoms with van der Waals surface area (Å²) >= 11 is 0. The molecule has 0 saturated heterocycles. The van der Waals surface area contributed by atoms with Gasteiger partial charge in [0.05, 0.1) is 0 Å². The van der Waals surface area contributed by atoms with E-state index in [-0.39, 0.29) is 0 Å². The SMILES string of the molecule is [B]/C(C=C(C)C)=C(/C)C=C. The maximum absolute atomic E-state index is 5.66. The van der Waals surface area contributed by atoms with E-state index in [0.717, 1.165) is 11.0 Å². The van der Waals surface area contributed by atoms with Crippen molar-refractivity contribution in [3.8, 4) is 0 Å². The van der Waals surface area contributed by atoms with Crippen molar-refractivity contribution in [2.24, 2.45) is 0 Å². The van der Waals surface area contributed by atoms with Crippen molar-refractivity contribution in [2.45, 2.75) is 20.8 Å². The summed E-state index contributed by atoms with van der Waals surface area (Å²) in [6.07, 6.45) is 3.70. The molecule has 0 aliphatic heterocycles. The molecule has 0 fully saturated rings. The molecular formula is C9H13B. The van der Waals surface area contributed by atoms with Gasteiger partial charge in [-0.2, -0.15) is 0 Å². The first-order valence-electron chi connectivity index (χ1n) is 3.31. The molecule has 0 heterocycles. The molecule has 0 saturated carbocycles. The molecule has 0 nitrogen and oxygen atoms in total. The summed E-state index contributed by atoms with van der Waals surface area (Å²) in [6.45, 7) is 9.60. The van der Waals surface area contributed by atoms with E-state index in [0.29, 0.717) is 0 Å². The maximum Gasteiger partial charge on any atom is 0.114 e. The summed E-state index contributed by atoms with van der Waals surface area (Å²) in [5.74, 6) is 0. The highest BCUT2D eigenvalue weighted by atomic mass is 13.9. The summed E-state index contributed by atoms with van der Waals surface area (Å²) < 4.78 is 0. The van der Waals surface area contributed by atoms with Crippen LogP contribution in [0.1, 0.15) is 20.8 Å². The average Bonchev–Trinajstić information content (AvgIpc) is 1.85. The Morgan fingerprint density at radius 2 is 1.80 bits per heavy atom. The van der Waals surface area contributed by atoms with Crippen LogP contribution in [0.4, 0.5) is 0 Å². The first-order chi connectivity index (χ1) is 4.57. The van der Waals surface area contributed by atoms with Gasteiger partial charge in [-0.05, 0) is 20.8 Å². The van der Waals surface area contributed by atoms with Crippen LogP contribution < -0.4 is 0 Å². The van der Waals surface area contributed by atoms with Crippen LogP contribution in [0.5, 0.6) is 0 Å². The Labute approximate surface area is 64.7 Å². The minimum absolute atomic E-state index is 0.801. The van der Waals surface area contributed by atoms with Crippen molar-refractivity contribution in [1.29, 1.82) is 0 Å². The van der Waals surface area contributed by atoms with Gasteiger partial charge in [-0.25, -0.2) is 0 Å². The second-order valence-corrected chi connectivity index (χ2v) is 2.56. The van der Waals surface area contributed by atoms with Gasteiger partial charge in [-0.1, -0.05) is 35.3 Å². The molecule has 2 radical (unpaired) electrons. The minimum atomic E-state index is 0.801. The van der Waals surface area contributed by atoms with E-state index in [1.54, 1.807) is 6.08 Å². The van der Waals surface area contributed by atoms with Gasteiger partial charge in [-0.3, -0.25) is 0 Å². The van der Waals surface area contributed by atoms with E-state index in [4.69, 9.17) is 7.85 Å². The Balaban J connectivity index is 4.48. The molecule has 0 atom stereocenters. The third kappa shape index (κ3) is 3.34.